The smallest absolute Gasteiger partial charge is 0.191 e. The zero-order valence-corrected chi connectivity index (χ0v) is 15.3. The number of aliphatic imine (C=N–C) groups is 1. The van der Waals surface area contributed by atoms with Crippen molar-refractivity contribution in [3.05, 3.63) is 36.5 Å². The van der Waals surface area contributed by atoms with Crippen molar-refractivity contribution in [1.82, 2.24) is 20.1 Å². The fraction of sp³-hybridized carbons (Fsp3) is 0.526. The van der Waals surface area contributed by atoms with E-state index in [2.05, 4.69) is 82.6 Å². The van der Waals surface area contributed by atoms with Gasteiger partial charge in [0.1, 0.15) is 0 Å². The molecule has 1 aromatic heterocycles. The minimum absolute atomic E-state index is 0.829. The summed E-state index contributed by atoms with van der Waals surface area (Å²) in [5.74, 6) is 0.925. The molecule has 0 amide bonds. The first-order chi connectivity index (χ1) is 11.7. The third-order valence-electron chi connectivity index (χ3n) is 3.93. The van der Waals surface area contributed by atoms with Crippen molar-refractivity contribution < 1.29 is 0 Å². The summed E-state index contributed by atoms with van der Waals surface area (Å²) < 4.78 is 2.31. The second-order valence-electron chi connectivity index (χ2n) is 6.27. The van der Waals surface area contributed by atoms with Gasteiger partial charge in [0.05, 0.1) is 0 Å². The maximum atomic E-state index is 4.68. The van der Waals surface area contributed by atoms with Crippen LogP contribution in [0.4, 0.5) is 0 Å². The van der Waals surface area contributed by atoms with Gasteiger partial charge in [0, 0.05) is 37.9 Å². The van der Waals surface area contributed by atoms with Crippen LogP contribution in [0.2, 0.25) is 0 Å². The summed E-state index contributed by atoms with van der Waals surface area (Å²) in [4.78, 5) is 6.88. The van der Waals surface area contributed by atoms with Gasteiger partial charge >= 0.3 is 0 Å². The number of hydrogen-bond donors (Lipinski definition) is 2. The minimum atomic E-state index is 0.829. The Bertz CT molecular complexity index is 629. The van der Waals surface area contributed by atoms with Gasteiger partial charge < -0.3 is 20.1 Å². The largest absolute Gasteiger partial charge is 0.357 e. The Morgan fingerprint density at radius 3 is 2.75 bits per heavy atom. The quantitative estimate of drug-likeness (QED) is 0.422. The van der Waals surface area contributed by atoms with Gasteiger partial charge in [-0.2, -0.15) is 0 Å². The summed E-state index contributed by atoms with van der Waals surface area (Å²) in [6.07, 6.45) is 4.32. The number of fused-ring (bicyclic) bond motifs is 1. The van der Waals surface area contributed by atoms with Crippen LogP contribution >= 0.6 is 0 Å². The Morgan fingerprint density at radius 2 is 1.96 bits per heavy atom. The molecule has 0 fully saturated rings. The fourth-order valence-electron chi connectivity index (χ4n) is 2.71. The normalized spacial score (nSPS) is 12.1. The van der Waals surface area contributed by atoms with Crippen LogP contribution in [0.5, 0.6) is 0 Å². The van der Waals surface area contributed by atoms with Crippen LogP contribution in [-0.4, -0.2) is 55.7 Å². The molecule has 0 radical (unpaired) electrons. The molecule has 0 bridgehead atoms. The molecule has 0 unspecified atom stereocenters. The van der Waals surface area contributed by atoms with E-state index in [0.29, 0.717) is 0 Å². The van der Waals surface area contributed by atoms with Gasteiger partial charge in [-0.15, -0.1) is 0 Å². The van der Waals surface area contributed by atoms with Crippen LogP contribution in [0.1, 0.15) is 19.8 Å². The number of benzene rings is 1. The summed E-state index contributed by atoms with van der Waals surface area (Å²) in [6.45, 7) is 6.86. The Morgan fingerprint density at radius 1 is 1.12 bits per heavy atom. The second kappa shape index (κ2) is 9.98. The fourth-order valence-corrected chi connectivity index (χ4v) is 2.71. The van der Waals surface area contributed by atoms with Gasteiger partial charge in [-0.25, -0.2) is 0 Å². The molecule has 0 aliphatic heterocycles. The van der Waals surface area contributed by atoms with E-state index >= 15 is 0 Å². The first-order valence-corrected chi connectivity index (χ1v) is 8.91. The molecule has 0 spiro atoms. The molecule has 0 aliphatic rings. The van der Waals surface area contributed by atoms with Crippen LogP contribution in [-0.2, 0) is 6.54 Å². The third-order valence-corrected chi connectivity index (χ3v) is 3.93. The van der Waals surface area contributed by atoms with Crippen molar-refractivity contribution >= 4 is 16.9 Å². The lowest BCUT2D eigenvalue weighted by Gasteiger charge is -2.13. The maximum Gasteiger partial charge on any atom is 0.191 e. The number of aromatic nitrogens is 1. The maximum absolute atomic E-state index is 4.68. The van der Waals surface area contributed by atoms with E-state index < -0.39 is 0 Å². The molecule has 0 atom stereocenters. The van der Waals surface area contributed by atoms with E-state index in [4.69, 9.17) is 0 Å². The first-order valence-electron chi connectivity index (χ1n) is 8.91. The van der Waals surface area contributed by atoms with Crippen LogP contribution in [0.3, 0.4) is 0 Å². The SMILES string of the molecule is CCNC(=NCCCn1ccc2ccccc21)NCCCN(C)C. The zero-order chi connectivity index (χ0) is 17.2. The lowest BCUT2D eigenvalue weighted by atomic mass is 10.2. The lowest BCUT2D eigenvalue weighted by molar-refractivity contribution is 0.399. The Labute approximate surface area is 145 Å². The van der Waals surface area contributed by atoms with Gasteiger partial charge in [-0.05, 0) is 57.9 Å². The highest BCUT2D eigenvalue weighted by atomic mass is 15.2. The molecule has 24 heavy (non-hydrogen) atoms. The van der Waals surface area contributed by atoms with Gasteiger partial charge in [-0.3, -0.25) is 4.99 Å². The molecule has 5 heteroatoms. The lowest BCUT2D eigenvalue weighted by Crippen LogP contribution is -2.38. The molecule has 132 valence electrons. The zero-order valence-electron chi connectivity index (χ0n) is 15.3. The predicted octanol–water partition coefficient (Wildman–Crippen LogP) is 2.54. The summed E-state index contributed by atoms with van der Waals surface area (Å²) in [5, 5.41) is 8.02. The summed E-state index contributed by atoms with van der Waals surface area (Å²) >= 11 is 0. The number of rotatable bonds is 9. The highest BCUT2D eigenvalue weighted by Crippen LogP contribution is 2.15. The van der Waals surface area contributed by atoms with Crippen molar-refractivity contribution in [1.29, 1.82) is 0 Å². The number of nitrogens with one attached hydrogen (secondary N) is 2. The Hall–Kier alpha value is -2.01. The molecule has 0 saturated heterocycles. The van der Waals surface area contributed by atoms with E-state index in [9.17, 15) is 0 Å². The van der Waals surface area contributed by atoms with Crippen molar-refractivity contribution in [2.75, 3.05) is 40.3 Å². The number of para-hydroxylation sites is 1. The van der Waals surface area contributed by atoms with Gasteiger partial charge in [-0.1, -0.05) is 18.2 Å². The highest BCUT2D eigenvalue weighted by Gasteiger charge is 2.00. The number of hydrogen-bond acceptors (Lipinski definition) is 2. The van der Waals surface area contributed by atoms with Gasteiger partial charge in [0.15, 0.2) is 5.96 Å². The second-order valence-corrected chi connectivity index (χ2v) is 6.27. The monoisotopic (exact) mass is 329 g/mol. The van der Waals surface area contributed by atoms with Crippen molar-refractivity contribution in [2.45, 2.75) is 26.3 Å². The molecule has 2 rings (SSSR count). The van der Waals surface area contributed by atoms with E-state index in [1.165, 1.54) is 10.9 Å². The van der Waals surface area contributed by atoms with Gasteiger partial charge in [0.25, 0.3) is 0 Å². The van der Waals surface area contributed by atoms with Crippen molar-refractivity contribution in [2.24, 2.45) is 4.99 Å². The molecule has 1 aromatic carbocycles. The average molecular weight is 329 g/mol. The molecule has 0 saturated carbocycles. The van der Waals surface area contributed by atoms with E-state index in [1.807, 2.05) is 0 Å². The van der Waals surface area contributed by atoms with E-state index in [1.54, 1.807) is 0 Å². The minimum Gasteiger partial charge on any atom is -0.357 e. The van der Waals surface area contributed by atoms with Crippen LogP contribution in [0.25, 0.3) is 10.9 Å². The predicted molar refractivity (Wildman–Crippen MR) is 104 cm³/mol. The molecule has 0 aliphatic carbocycles. The topological polar surface area (TPSA) is 44.6 Å². The molecule has 2 aromatic rings. The van der Waals surface area contributed by atoms with Crippen LogP contribution in [0, 0.1) is 0 Å². The number of guanidine groups is 1. The summed E-state index contributed by atoms with van der Waals surface area (Å²) in [5.41, 5.74) is 1.30. The molecule has 2 N–H and O–H groups in total. The van der Waals surface area contributed by atoms with E-state index in [-0.39, 0.29) is 0 Å². The Balaban J connectivity index is 1.77. The molecular weight excluding hydrogens is 298 g/mol. The molecular formula is C19H31N5. The Kier molecular flexibility index (Phi) is 7.62. The van der Waals surface area contributed by atoms with Gasteiger partial charge in [0.2, 0.25) is 0 Å². The van der Waals surface area contributed by atoms with Crippen molar-refractivity contribution in [3.8, 4) is 0 Å². The summed E-state index contributed by atoms with van der Waals surface area (Å²) in [7, 11) is 4.20. The average Bonchev–Trinajstić information content (AvgIpc) is 2.98. The van der Waals surface area contributed by atoms with Crippen LogP contribution < -0.4 is 10.6 Å². The number of aryl methyl sites for hydroxylation is 1. The number of nitrogens with zero attached hydrogens (tertiary/aromatic N) is 3. The third kappa shape index (κ3) is 5.89. The van der Waals surface area contributed by atoms with Crippen LogP contribution in [0.15, 0.2) is 41.5 Å². The molecule has 1 heterocycles. The van der Waals surface area contributed by atoms with E-state index in [0.717, 1.165) is 51.5 Å². The molecule has 5 nitrogen and oxygen atoms in total. The standard InChI is InChI=1S/C19H31N5/c1-4-20-19(21-12-7-14-23(2)3)22-13-8-15-24-16-11-17-9-5-6-10-18(17)24/h5-6,9-11,16H,4,7-8,12-15H2,1-3H3,(H2,20,21,22). The summed E-state index contributed by atoms with van der Waals surface area (Å²) in [6, 6.07) is 10.7. The highest BCUT2D eigenvalue weighted by molar-refractivity contribution is 5.80. The van der Waals surface area contributed by atoms with Crippen molar-refractivity contribution in [3.63, 3.8) is 0 Å². The first kappa shape index (κ1) is 18.3.